The number of carboxylic acid groups (broad SMARTS) is 1. The average Bonchev–Trinajstić information content (AvgIpc) is 2.83. The molecule has 15 heteroatoms. The molecule has 204 valence electrons. The highest BCUT2D eigenvalue weighted by Gasteiger charge is 2.38. The number of ether oxygens (including phenoxy) is 1. The minimum atomic E-state index is -5.08. The van der Waals surface area contributed by atoms with Crippen molar-refractivity contribution < 1.29 is 41.0 Å². The third kappa shape index (κ3) is 8.78. The molecule has 0 unspecified atom stereocenters. The van der Waals surface area contributed by atoms with Gasteiger partial charge in [0.25, 0.3) is 15.9 Å². The summed E-state index contributed by atoms with van der Waals surface area (Å²) < 4.78 is 64.8. The zero-order valence-corrected chi connectivity index (χ0v) is 21.1. The summed E-state index contributed by atoms with van der Waals surface area (Å²) in [5.41, 5.74) is 0.555. The number of benzene rings is 1. The molecule has 2 heterocycles. The van der Waals surface area contributed by atoms with Gasteiger partial charge in [-0.05, 0) is 44.2 Å². The molecule has 4 N–H and O–H groups in total. The second-order valence-electron chi connectivity index (χ2n) is 8.04. The van der Waals surface area contributed by atoms with Crippen molar-refractivity contribution in [3.63, 3.8) is 0 Å². The zero-order valence-electron chi connectivity index (χ0n) is 20.3. The molecule has 1 aliphatic rings. The van der Waals surface area contributed by atoms with Gasteiger partial charge in [-0.3, -0.25) is 9.52 Å². The molecular formula is C22H28F3N5O6S. The number of carbonyl (C=O) groups excluding carboxylic acids is 1. The number of hydrogen-bond donors (Lipinski definition) is 4. The maximum atomic E-state index is 12.8. The van der Waals surface area contributed by atoms with E-state index in [4.69, 9.17) is 14.6 Å². The quantitative estimate of drug-likeness (QED) is 0.409. The Kier molecular flexibility index (Phi) is 10.1. The molecule has 1 fully saturated rings. The van der Waals surface area contributed by atoms with Crippen molar-refractivity contribution in [3.05, 3.63) is 42.1 Å². The molecule has 1 amide bonds. The van der Waals surface area contributed by atoms with Gasteiger partial charge in [0.1, 0.15) is 11.6 Å². The van der Waals surface area contributed by atoms with Crippen LogP contribution in [-0.2, 0) is 14.8 Å². The molecule has 3 rings (SSSR count). The normalized spacial score (nSPS) is 13.9. The van der Waals surface area contributed by atoms with Gasteiger partial charge in [0.2, 0.25) is 0 Å². The number of nitrogens with one attached hydrogen (secondary N) is 3. The predicted molar refractivity (Wildman–Crippen MR) is 129 cm³/mol. The van der Waals surface area contributed by atoms with Gasteiger partial charge >= 0.3 is 12.1 Å². The SMILES string of the molecule is COc1ccc(S(=O)(=O)Nc2cnc(N3CCNCC3)c(C(=O)NC(C)C)c2)cc1.O=C(O)C(F)(F)F. The summed E-state index contributed by atoms with van der Waals surface area (Å²) in [6.07, 6.45) is -3.65. The molecule has 1 aromatic carbocycles. The summed E-state index contributed by atoms with van der Waals surface area (Å²) in [4.78, 5) is 28.2. The first-order valence-electron chi connectivity index (χ1n) is 11.0. The number of methoxy groups -OCH3 is 1. The number of aromatic nitrogens is 1. The number of alkyl halides is 3. The summed E-state index contributed by atoms with van der Waals surface area (Å²) in [5.74, 6) is -1.95. The minimum Gasteiger partial charge on any atom is -0.497 e. The molecule has 0 atom stereocenters. The second kappa shape index (κ2) is 12.6. The number of sulfonamides is 1. The van der Waals surface area contributed by atoms with E-state index in [0.717, 1.165) is 13.1 Å². The molecule has 0 aliphatic carbocycles. The third-order valence-electron chi connectivity index (χ3n) is 4.81. The van der Waals surface area contributed by atoms with Crippen LogP contribution in [0.15, 0.2) is 41.4 Å². The minimum absolute atomic E-state index is 0.0620. The van der Waals surface area contributed by atoms with Gasteiger partial charge in [-0.2, -0.15) is 13.2 Å². The lowest BCUT2D eigenvalue weighted by atomic mass is 10.2. The molecule has 0 bridgehead atoms. The Morgan fingerprint density at radius 1 is 1.16 bits per heavy atom. The molecular weight excluding hydrogens is 519 g/mol. The van der Waals surface area contributed by atoms with E-state index in [-0.39, 0.29) is 22.5 Å². The van der Waals surface area contributed by atoms with Crippen molar-refractivity contribution in [2.24, 2.45) is 0 Å². The first kappa shape index (κ1) is 29.6. The molecule has 0 radical (unpaired) electrons. The van der Waals surface area contributed by atoms with Crippen molar-refractivity contribution in [2.75, 3.05) is 42.9 Å². The maximum Gasteiger partial charge on any atom is 0.490 e. The zero-order chi connectivity index (χ0) is 27.8. The van der Waals surface area contributed by atoms with Crippen LogP contribution in [0, 0.1) is 0 Å². The molecule has 2 aromatic rings. The molecule has 11 nitrogen and oxygen atoms in total. The number of amides is 1. The fraction of sp³-hybridized carbons (Fsp3) is 0.409. The number of carboxylic acids is 1. The van der Waals surface area contributed by atoms with E-state index in [2.05, 4.69) is 20.3 Å². The fourth-order valence-electron chi connectivity index (χ4n) is 3.12. The van der Waals surface area contributed by atoms with Crippen LogP contribution < -0.4 is 25.0 Å². The fourth-order valence-corrected chi connectivity index (χ4v) is 4.15. The monoisotopic (exact) mass is 547 g/mol. The number of nitrogens with zero attached hydrogens (tertiary/aromatic N) is 2. The number of anilines is 2. The molecule has 1 aromatic heterocycles. The van der Waals surface area contributed by atoms with Crippen molar-refractivity contribution in [2.45, 2.75) is 31.0 Å². The van der Waals surface area contributed by atoms with Gasteiger partial charge in [-0.1, -0.05) is 0 Å². The number of rotatable bonds is 7. The van der Waals surface area contributed by atoms with Gasteiger partial charge in [0, 0.05) is 32.2 Å². The van der Waals surface area contributed by atoms with Crippen LogP contribution >= 0.6 is 0 Å². The third-order valence-corrected chi connectivity index (χ3v) is 6.21. The Balaban J connectivity index is 0.000000604. The number of pyridine rings is 1. The summed E-state index contributed by atoms with van der Waals surface area (Å²) in [5, 5.41) is 13.2. The van der Waals surface area contributed by atoms with E-state index in [9.17, 15) is 26.4 Å². The molecule has 37 heavy (non-hydrogen) atoms. The highest BCUT2D eigenvalue weighted by molar-refractivity contribution is 7.92. The summed E-state index contributed by atoms with van der Waals surface area (Å²) in [6.45, 7) is 6.74. The Hall–Kier alpha value is -3.59. The van der Waals surface area contributed by atoms with Crippen LogP contribution in [0.5, 0.6) is 5.75 Å². The van der Waals surface area contributed by atoms with Gasteiger partial charge in [-0.15, -0.1) is 0 Å². The standard InChI is InChI=1S/C20H27N5O4S.C2HF3O2/c1-14(2)23-20(26)18-12-15(13-22-19(18)25-10-8-21-9-11-25)24-30(27,28)17-6-4-16(29-3)5-7-17;3-2(4,5)1(6)7/h4-7,12-14,21,24H,8-11H2,1-3H3,(H,23,26);(H,6,7). The Morgan fingerprint density at radius 3 is 2.22 bits per heavy atom. The van der Waals surface area contributed by atoms with E-state index >= 15 is 0 Å². The second-order valence-corrected chi connectivity index (χ2v) is 9.73. The molecule has 0 spiro atoms. The Morgan fingerprint density at radius 2 is 1.73 bits per heavy atom. The van der Waals surface area contributed by atoms with Crippen LogP contribution in [-0.4, -0.2) is 75.9 Å². The molecule has 0 saturated carbocycles. The van der Waals surface area contributed by atoms with E-state index in [1.807, 2.05) is 18.7 Å². The van der Waals surface area contributed by atoms with Crippen LogP contribution in [0.25, 0.3) is 0 Å². The van der Waals surface area contributed by atoms with E-state index in [1.54, 1.807) is 12.1 Å². The number of piperazine rings is 1. The summed E-state index contributed by atoms with van der Waals surface area (Å²) in [7, 11) is -2.33. The predicted octanol–water partition coefficient (Wildman–Crippen LogP) is 2.07. The van der Waals surface area contributed by atoms with E-state index in [0.29, 0.717) is 30.2 Å². The van der Waals surface area contributed by atoms with Crippen LogP contribution in [0.4, 0.5) is 24.7 Å². The molecule has 1 saturated heterocycles. The average molecular weight is 548 g/mol. The van der Waals surface area contributed by atoms with Crippen LogP contribution in [0.2, 0.25) is 0 Å². The van der Waals surface area contributed by atoms with E-state index in [1.165, 1.54) is 31.5 Å². The van der Waals surface area contributed by atoms with Gasteiger partial charge in [-0.25, -0.2) is 18.2 Å². The van der Waals surface area contributed by atoms with Crippen molar-refractivity contribution in [1.29, 1.82) is 0 Å². The highest BCUT2D eigenvalue weighted by Crippen LogP contribution is 2.24. The first-order chi connectivity index (χ1) is 17.2. The Bertz CT molecular complexity index is 1180. The highest BCUT2D eigenvalue weighted by atomic mass is 32.2. The van der Waals surface area contributed by atoms with Gasteiger partial charge in [0.05, 0.1) is 29.5 Å². The Labute approximate surface area is 212 Å². The molecule has 1 aliphatic heterocycles. The summed E-state index contributed by atoms with van der Waals surface area (Å²) in [6, 6.07) is 7.52. The van der Waals surface area contributed by atoms with Crippen molar-refractivity contribution in [3.8, 4) is 5.75 Å². The van der Waals surface area contributed by atoms with Crippen molar-refractivity contribution in [1.82, 2.24) is 15.6 Å². The van der Waals surface area contributed by atoms with E-state index < -0.39 is 22.2 Å². The number of hydrogen-bond acceptors (Lipinski definition) is 8. The lowest BCUT2D eigenvalue weighted by molar-refractivity contribution is -0.192. The van der Waals surface area contributed by atoms with Gasteiger partial charge in [0.15, 0.2) is 0 Å². The number of aliphatic carboxylic acids is 1. The van der Waals surface area contributed by atoms with Crippen molar-refractivity contribution >= 4 is 33.4 Å². The van der Waals surface area contributed by atoms with Crippen LogP contribution in [0.3, 0.4) is 0 Å². The smallest absolute Gasteiger partial charge is 0.490 e. The lowest BCUT2D eigenvalue weighted by Gasteiger charge is -2.30. The largest absolute Gasteiger partial charge is 0.497 e. The van der Waals surface area contributed by atoms with Gasteiger partial charge < -0.3 is 25.4 Å². The summed E-state index contributed by atoms with van der Waals surface area (Å²) >= 11 is 0. The first-order valence-corrected chi connectivity index (χ1v) is 12.5. The van der Waals surface area contributed by atoms with Crippen LogP contribution in [0.1, 0.15) is 24.2 Å². The number of carbonyl (C=O) groups is 2. The topological polar surface area (TPSA) is 150 Å². The number of halogens is 3. The maximum absolute atomic E-state index is 12.8. The lowest BCUT2D eigenvalue weighted by Crippen LogP contribution is -2.45.